The number of rotatable bonds is 0. The molecular weight excluding hydrogens is 300 g/mol. The molecule has 0 saturated heterocycles. The molecule has 2 aromatic heterocycles. The van der Waals surface area contributed by atoms with Crippen LogP contribution in [0.4, 0.5) is 13.2 Å². The van der Waals surface area contributed by atoms with Crippen LogP contribution in [0.15, 0.2) is 10.8 Å². The lowest BCUT2D eigenvalue weighted by molar-refractivity contribution is -0.145. The maximum atomic E-state index is 12.3. The topological polar surface area (TPSA) is 43.1 Å². The Balaban J connectivity index is 2.76. The number of nitrogens with zero attached hydrogens (tertiary/aromatic N) is 4. The second-order valence-electron chi connectivity index (χ2n) is 2.54. The molecule has 0 aliphatic rings. The Labute approximate surface area is 94.2 Å². The molecule has 0 aromatic carbocycles. The van der Waals surface area contributed by atoms with Gasteiger partial charge in [-0.25, -0.2) is 14.5 Å². The van der Waals surface area contributed by atoms with E-state index in [1.807, 2.05) is 0 Å². The Morgan fingerprint density at radius 1 is 1.40 bits per heavy atom. The first-order valence-electron chi connectivity index (χ1n) is 3.53. The monoisotopic (exact) mass is 300 g/mol. The van der Waals surface area contributed by atoms with Gasteiger partial charge in [-0.3, -0.25) is 0 Å². The third-order valence-electron chi connectivity index (χ3n) is 1.53. The summed E-state index contributed by atoms with van der Waals surface area (Å²) < 4.78 is 38.1. The number of imidazole rings is 1. The van der Waals surface area contributed by atoms with Crippen LogP contribution < -0.4 is 0 Å². The first-order valence-corrected chi connectivity index (χ1v) is 4.70. The number of hydrogen-bond donors (Lipinski definition) is 0. The molecule has 2 aromatic rings. The minimum absolute atomic E-state index is 0.0662. The van der Waals surface area contributed by atoms with Gasteiger partial charge in [-0.15, -0.1) is 5.10 Å². The van der Waals surface area contributed by atoms with Gasteiger partial charge in [0.05, 0.1) is 6.20 Å². The van der Waals surface area contributed by atoms with Gasteiger partial charge in [-0.1, -0.05) is 11.6 Å². The van der Waals surface area contributed by atoms with Crippen LogP contribution in [0, 0.1) is 0 Å². The van der Waals surface area contributed by atoms with Crippen LogP contribution in [-0.4, -0.2) is 19.6 Å². The molecule has 0 fully saturated rings. The van der Waals surface area contributed by atoms with Gasteiger partial charge in [0.15, 0.2) is 10.8 Å². The summed E-state index contributed by atoms with van der Waals surface area (Å²) in [6.45, 7) is 0. The molecule has 0 saturated carbocycles. The van der Waals surface area contributed by atoms with Crippen LogP contribution in [0.2, 0.25) is 5.15 Å². The zero-order valence-electron chi connectivity index (χ0n) is 6.76. The number of fused-ring (bicyclic) bond motifs is 1. The Hall–Kier alpha value is -0.890. The van der Waals surface area contributed by atoms with Crippen LogP contribution in [-0.2, 0) is 6.18 Å². The van der Waals surface area contributed by atoms with Crippen molar-refractivity contribution in [3.05, 3.63) is 21.8 Å². The van der Waals surface area contributed by atoms with Crippen molar-refractivity contribution in [3.8, 4) is 0 Å². The molecule has 2 rings (SSSR count). The fourth-order valence-corrected chi connectivity index (χ4v) is 1.50. The van der Waals surface area contributed by atoms with Gasteiger partial charge in [0.2, 0.25) is 0 Å². The van der Waals surface area contributed by atoms with Crippen molar-refractivity contribution in [1.29, 1.82) is 0 Å². The molecule has 0 atom stereocenters. The van der Waals surface area contributed by atoms with Crippen LogP contribution in [0.5, 0.6) is 0 Å². The maximum absolute atomic E-state index is 12.3. The molecule has 0 bridgehead atoms. The van der Waals surface area contributed by atoms with E-state index in [0.29, 0.717) is 0 Å². The predicted molar refractivity (Wildman–Crippen MR) is 48.5 cm³/mol. The van der Waals surface area contributed by atoms with Crippen molar-refractivity contribution in [2.45, 2.75) is 6.18 Å². The van der Waals surface area contributed by atoms with Crippen molar-refractivity contribution < 1.29 is 13.2 Å². The highest BCUT2D eigenvalue weighted by Gasteiger charge is 2.36. The molecule has 0 radical (unpaired) electrons. The summed E-state index contributed by atoms with van der Waals surface area (Å²) in [5.41, 5.74) is 0.0662. The van der Waals surface area contributed by atoms with Gasteiger partial charge in [-0.05, 0) is 15.9 Å². The standard InChI is InChI=1S/C6HBrClF3N4/c7-2-1-12-4-3(8)13-5(6(9,10)11)14-15(2)4/h1H. The average molecular weight is 301 g/mol. The Morgan fingerprint density at radius 3 is 2.67 bits per heavy atom. The molecule has 0 N–H and O–H groups in total. The van der Waals surface area contributed by atoms with Crippen LogP contribution in [0.1, 0.15) is 5.82 Å². The van der Waals surface area contributed by atoms with Crippen molar-refractivity contribution in [2.24, 2.45) is 0 Å². The van der Waals surface area contributed by atoms with E-state index in [2.05, 4.69) is 31.0 Å². The average Bonchev–Trinajstić information content (AvgIpc) is 2.47. The van der Waals surface area contributed by atoms with E-state index >= 15 is 0 Å². The fourth-order valence-electron chi connectivity index (χ4n) is 0.941. The number of alkyl halides is 3. The molecule has 4 nitrogen and oxygen atoms in total. The van der Waals surface area contributed by atoms with Gasteiger partial charge in [0.1, 0.15) is 4.60 Å². The Bertz CT molecular complexity index is 523. The summed E-state index contributed by atoms with van der Waals surface area (Å²) in [4.78, 5) is 6.84. The van der Waals surface area contributed by atoms with Gasteiger partial charge in [0.25, 0.3) is 5.82 Å². The first-order chi connectivity index (χ1) is 6.89. The van der Waals surface area contributed by atoms with E-state index < -0.39 is 12.0 Å². The smallest absolute Gasteiger partial charge is 0.232 e. The molecule has 80 valence electrons. The highest BCUT2D eigenvalue weighted by Crippen LogP contribution is 2.28. The summed E-state index contributed by atoms with van der Waals surface area (Å²) >= 11 is 8.51. The molecule has 0 spiro atoms. The molecular formula is C6HBrClF3N4. The zero-order valence-corrected chi connectivity index (χ0v) is 9.10. The highest BCUT2D eigenvalue weighted by molar-refractivity contribution is 9.10. The second kappa shape index (κ2) is 3.31. The van der Waals surface area contributed by atoms with Gasteiger partial charge in [-0.2, -0.15) is 13.2 Å². The van der Waals surface area contributed by atoms with Gasteiger partial charge < -0.3 is 0 Å². The number of aromatic nitrogens is 4. The Morgan fingerprint density at radius 2 is 2.07 bits per heavy atom. The van der Waals surface area contributed by atoms with E-state index in [4.69, 9.17) is 11.6 Å². The highest BCUT2D eigenvalue weighted by atomic mass is 79.9. The molecule has 0 aliphatic heterocycles. The maximum Gasteiger partial charge on any atom is 0.453 e. The quantitative estimate of drug-likeness (QED) is 0.751. The third kappa shape index (κ3) is 1.78. The van der Waals surface area contributed by atoms with Crippen molar-refractivity contribution in [3.63, 3.8) is 0 Å². The van der Waals surface area contributed by atoms with Gasteiger partial charge in [0, 0.05) is 0 Å². The molecule has 15 heavy (non-hydrogen) atoms. The normalized spacial score (nSPS) is 12.3. The van der Waals surface area contributed by atoms with Crippen LogP contribution >= 0.6 is 27.5 Å². The summed E-state index contributed by atoms with van der Waals surface area (Å²) in [7, 11) is 0. The molecule has 0 amide bonds. The largest absolute Gasteiger partial charge is 0.453 e. The van der Waals surface area contributed by atoms with Crippen LogP contribution in [0.25, 0.3) is 5.65 Å². The summed E-state index contributed by atoms with van der Waals surface area (Å²) in [5, 5.41) is 2.91. The fraction of sp³-hybridized carbons (Fsp3) is 0.167. The van der Waals surface area contributed by atoms with E-state index in [1.165, 1.54) is 6.20 Å². The summed E-state index contributed by atoms with van der Waals surface area (Å²) in [6.07, 6.45) is -3.35. The minimum atomic E-state index is -4.64. The molecule has 9 heteroatoms. The summed E-state index contributed by atoms with van der Waals surface area (Å²) in [6, 6.07) is 0. The van der Waals surface area contributed by atoms with E-state index in [1.54, 1.807) is 0 Å². The lowest BCUT2D eigenvalue weighted by atomic mass is 10.6. The SMILES string of the molecule is FC(F)(F)c1nc(Cl)c2ncc(Br)n2n1. The zero-order chi connectivity index (χ0) is 11.2. The number of hydrogen-bond acceptors (Lipinski definition) is 3. The molecule has 0 aliphatic carbocycles. The summed E-state index contributed by atoms with van der Waals surface area (Å²) in [5.74, 6) is -1.31. The van der Waals surface area contributed by atoms with Gasteiger partial charge >= 0.3 is 6.18 Å². The lowest BCUT2D eigenvalue weighted by Crippen LogP contribution is -2.14. The van der Waals surface area contributed by atoms with Crippen molar-refractivity contribution in [1.82, 2.24) is 19.6 Å². The molecule has 2 heterocycles. The van der Waals surface area contributed by atoms with E-state index in [-0.39, 0.29) is 15.4 Å². The van der Waals surface area contributed by atoms with Crippen molar-refractivity contribution >= 4 is 33.2 Å². The van der Waals surface area contributed by atoms with Crippen LogP contribution in [0.3, 0.4) is 0 Å². The first kappa shape index (κ1) is 10.6. The second-order valence-corrected chi connectivity index (χ2v) is 3.71. The Kier molecular flexibility index (Phi) is 2.34. The van der Waals surface area contributed by atoms with E-state index in [9.17, 15) is 13.2 Å². The number of halogens is 5. The lowest BCUT2D eigenvalue weighted by Gasteiger charge is -2.05. The minimum Gasteiger partial charge on any atom is -0.232 e. The van der Waals surface area contributed by atoms with E-state index in [0.717, 1.165) is 4.52 Å². The van der Waals surface area contributed by atoms with Crippen molar-refractivity contribution in [2.75, 3.05) is 0 Å². The molecule has 0 unspecified atom stereocenters. The predicted octanol–water partition coefficient (Wildman–Crippen LogP) is 2.56. The third-order valence-corrected chi connectivity index (χ3v) is 2.33.